The van der Waals surface area contributed by atoms with E-state index < -0.39 is 12.0 Å². The Morgan fingerprint density at radius 1 is 1.29 bits per heavy atom. The van der Waals surface area contributed by atoms with Gasteiger partial charge in [-0.05, 0) is 51.1 Å². The Hall–Kier alpha value is -1.10. The molecule has 2 atom stereocenters. The summed E-state index contributed by atoms with van der Waals surface area (Å²) in [5.41, 5.74) is -0.349. The third kappa shape index (κ3) is 3.23. The predicted octanol–water partition coefficient (Wildman–Crippen LogP) is 1.87. The van der Waals surface area contributed by atoms with Crippen molar-refractivity contribution in [3.05, 3.63) is 0 Å². The molecule has 21 heavy (non-hydrogen) atoms. The summed E-state index contributed by atoms with van der Waals surface area (Å²) in [5.74, 6) is -0.337. The Balaban J connectivity index is 2.17. The van der Waals surface area contributed by atoms with Crippen LogP contribution in [0.3, 0.4) is 0 Å². The molecule has 2 fully saturated rings. The van der Waals surface area contributed by atoms with Gasteiger partial charge in [-0.1, -0.05) is 20.3 Å². The molecular formula is C16H28N2O3. The molecule has 2 aliphatic heterocycles. The number of nitrogens with zero attached hydrogens (tertiary/aromatic N) is 1. The molecule has 0 spiro atoms. The van der Waals surface area contributed by atoms with E-state index in [1.54, 1.807) is 4.90 Å². The molecule has 2 saturated heterocycles. The molecule has 0 aliphatic carbocycles. The Kier molecular flexibility index (Phi) is 5.25. The fourth-order valence-corrected chi connectivity index (χ4v) is 3.81. The van der Waals surface area contributed by atoms with Crippen molar-refractivity contribution in [2.45, 2.75) is 58.4 Å². The van der Waals surface area contributed by atoms with Crippen molar-refractivity contribution in [3.63, 3.8) is 0 Å². The van der Waals surface area contributed by atoms with Crippen molar-refractivity contribution < 1.29 is 14.7 Å². The lowest BCUT2D eigenvalue weighted by Gasteiger charge is -2.44. The van der Waals surface area contributed by atoms with Gasteiger partial charge in [0.2, 0.25) is 5.91 Å². The van der Waals surface area contributed by atoms with Crippen LogP contribution >= 0.6 is 0 Å². The zero-order valence-corrected chi connectivity index (χ0v) is 13.2. The first-order chi connectivity index (χ1) is 10.0. The molecule has 0 aromatic rings. The Bertz CT molecular complexity index is 391. The number of carbonyl (C=O) groups is 2. The van der Waals surface area contributed by atoms with E-state index in [0.29, 0.717) is 18.9 Å². The number of hydrogen-bond acceptors (Lipinski definition) is 3. The fraction of sp³-hybridized carbons (Fsp3) is 0.875. The van der Waals surface area contributed by atoms with Crippen molar-refractivity contribution in [1.82, 2.24) is 10.2 Å². The Labute approximate surface area is 127 Å². The highest BCUT2D eigenvalue weighted by Crippen LogP contribution is 2.37. The average molecular weight is 296 g/mol. The van der Waals surface area contributed by atoms with Gasteiger partial charge in [-0.3, -0.25) is 4.79 Å². The number of aliphatic carboxylic acids is 1. The number of nitrogens with one attached hydrogen (secondary N) is 1. The van der Waals surface area contributed by atoms with E-state index in [9.17, 15) is 14.7 Å². The van der Waals surface area contributed by atoms with Gasteiger partial charge < -0.3 is 15.3 Å². The molecule has 2 heterocycles. The Morgan fingerprint density at radius 3 is 2.48 bits per heavy atom. The summed E-state index contributed by atoms with van der Waals surface area (Å²) >= 11 is 0. The van der Waals surface area contributed by atoms with E-state index in [4.69, 9.17) is 0 Å². The minimum atomic E-state index is -0.846. The summed E-state index contributed by atoms with van der Waals surface area (Å²) in [6.07, 6.45) is 4.98. The molecule has 2 rings (SSSR count). The molecule has 1 amide bonds. The van der Waals surface area contributed by atoms with Crippen LogP contribution in [0.2, 0.25) is 0 Å². The predicted molar refractivity (Wildman–Crippen MR) is 81.0 cm³/mol. The van der Waals surface area contributed by atoms with Gasteiger partial charge in [0, 0.05) is 6.54 Å². The summed E-state index contributed by atoms with van der Waals surface area (Å²) in [7, 11) is 0. The second-order valence-corrected chi connectivity index (χ2v) is 6.54. The van der Waals surface area contributed by atoms with Crippen LogP contribution in [-0.4, -0.2) is 47.6 Å². The van der Waals surface area contributed by atoms with Crippen LogP contribution < -0.4 is 5.32 Å². The third-order valence-electron chi connectivity index (χ3n) is 5.53. The van der Waals surface area contributed by atoms with Crippen molar-refractivity contribution in [1.29, 1.82) is 0 Å². The largest absolute Gasteiger partial charge is 0.480 e. The summed E-state index contributed by atoms with van der Waals surface area (Å²) in [5, 5.41) is 12.8. The van der Waals surface area contributed by atoms with Crippen molar-refractivity contribution in [2.24, 2.45) is 11.3 Å². The van der Waals surface area contributed by atoms with Gasteiger partial charge in [0.1, 0.15) is 6.04 Å². The lowest BCUT2D eigenvalue weighted by Crippen LogP contribution is -2.56. The van der Waals surface area contributed by atoms with Crippen LogP contribution in [0.15, 0.2) is 0 Å². The standard InChI is InChI=1S/C16H28N2O3/c1-3-12-5-10-18(13(11-12)14(19)20)15(21)16(4-2)6-8-17-9-7-16/h12-13,17H,3-11H2,1-2H3,(H,19,20). The number of carboxylic acid groups (broad SMARTS) is 1. The van der Waals surface area contributed by atoms with E-state index >= 15 is 0 Å². The third-order valence-corrected chi connectivity index (χ3v) is 5.53. The number of rotatable bonds is 4. The number of piperidine rings is 2. The minimum Gasteiger partial charge on any atom is -0.480 e. The smallest absolute Gasteiger partial charge is 0.326 e. The van der Waals surface area contributed by atoms with Gasteiger partial charge in [-0.15, -0.1) is 0 Å². The summed E-state index contributed by atoms with van der Waals surface area (Å²) in [6, 6.07) is -0.630. The van der Waals surface area contributed by atoms with Gasteiger partial charge in [0.05, 0.1) is 5.41 Å². The molecule has 0 aromatic heterocycles. The quantitative estimate of drug-likeness (QED) is 0.831. The first kappa shape index (κ1) is 16.3. The van der Waals surface area contributed by atoms with E-state index in [2.05, 4.69) is 19.2 Å². The molecule has 2 aliphatic rings. The molecule has 2 unspecified atom stereocenters. The van der Waals surface area contributed by atoms with E-state index in [1.165, 1.54) is 0 Å². The highest BCUT2D eigenvalue weighted by molar-refractivity contribution is 5.88. The number of carboxylic acids is 1. The molecule has 0 aromatic carbocycles. The van der Waals surface area contributed by atoms with Gasteiger partial charge >= 0.3 is 5.97 Å². The van der Waals surface area contributed by atoms with Gasteiger partial charge in [0.15, 0.2) is 0 Å². The van der Waals surface area contributed by atoms with Crippen molar-refractivity contribution in [3.8, 4) is 0 Å². The average Bonchev–Trinajstić information content (AvgIpc) is 2.54. The summed E-state index contributed by atoms with van der Waals surface area (Å²) < 4.78 is 0. The zero-order valence-electron chi connectivity index (χ0n) is 13.2. The number of amides is 1. The zero-order chi connectivity index (χ0) is 15.5. The van der Waals surface area contributed by atoms with Crippen molar-refractivity contribution >= 4 is 11.9 Å². The van der Waals surface area contributed by atoms with Crippen LogP contribution in [0.1, 0.15) is 52.4 Å². The van der Waals surface area contributed by atoms with Crippen LogP contribution in [-0.2, 0) is 9.59 Å². The van der Waals surface area contributed by atoms with Crippen LogP contribution in [0.5, 0.6) is 0 Å². The van der Waals surface area contributed by atoms with Gasteiger partial charge in [-0.25, -0.2) is 4.79 Å². The second-order valence-electron chi connectivity index (χ2n) is 6.54. The van der Waals surface area contributed by atoms with E-state index in [1.807, 2.05) is 0 Å². The minimum absolute atomic E-state index is 0.0773. The first-order valence-electron chi connectivity index (χ1n) is 8.28. The lowest BCUT2D eigenvalue weighted by atomic mass is 9.74. The van der Waals surface area contributed by atoms with Gasteiger partial charge in [0.25, 0.3) is 0 Å². The first-order valence-corrected chi connectivity index (χ1v) is 8.28. The van der Waals surface area contributed by atoms with Crippen LogP contribution in [0, 0.1) is 11.3 Å². The maximum atomic E-state index is 13.1. The number of carbonyl (C=O) groups excluding carboxylic acids is 1. The highest BCUT2D eigenvalue weighted by atomic mass is 16.4. The topological polar surface area (TPSA) is 69.6 Å². The molecule has 0 radical (unpaired) electrons. The fourth-order valence-electron chi connectivity index (χ4n) is 3.81. The molecular weight excluding hydrogens is 268 g/mol. The SMILES string of the molecule is CCC1CCN(C(=O)C2(CC)CCNCC2)C(C(=O)O)C1. The summed E-state index contributed by atoms with van der Waals surface area (Å²) in [4.78, 5) is 26.3. The maximum absolute atomic E-state index is 13.1. The molecule has 5 nitrogen and oxygen atoms in total. The van der Waals surface area contributed by atoms with E-state index in [-0.39, 0.29) is 11.3 Å². The second kappa shape index (κ2) is 6.77. The maximum Gasteiger partial charge on any atom is 0.326 e. The summed E-state index contributed by atoms with van der Waals surface area (Å²) in [6.45, 7) is 6.45. The number of likely N-dealkylation sites (tertiary alicyclic amines) is 1. The molecule has 120 valence electrons. The Morgan fingerprint density at radius 2 is 1.95 bits per heavy atom. The van der Waals surface area contributed by atoms with Crippen molar-refractivity contribution in [2.75, 3.05) is 19.6 Å². The molecule has 2 N–H and O–H groups in total. The lowest BCUT2D eigenvalue weighted by molar-refractivity contribution is -0.159. The van der Waals surface area contributed by atoms with Crippen LogP contribution in [0.4, 0.5) is 0 Å². The monoisotopic (exact) mass is 296 g/mol. The molecule has 0 saturated carbocycles. The van der Waals surface area contributed by atoms with Crippen LogP contribution in [0.25, 0.3) is 0 Å². The van der Waals surface area contributed by atoms with E-state index in [0.717, 1.165) is 45.2 Å². The molecule has 0 bridgehead atoms. The normalized spacial score (nSPS) is 29.1. The molecule has 5 heteroatoms. The number of hydrogen-bond donors (Lipinski definition) is 2. The van der Waals surface area contributed by atoms with Gasteiger partial charge in [-0.2, -0.15) is 0 Å². The highest BCUT2D eigenvalue weighted by Gasteiger charge is 2.45.